The van der Waals surface area contributed by atoms with Crippen LogP contribution in [0.1, 0.15) is 28.8 Å². The van der Waals surface area contributed by atoms with Crippen molar-refractivity contribution in [3.8, 4) is 0 Å². The van der Waals surface area contributed by atoms with Crippen LogP contribution in [0.25, 0.3) is 0 Å². The summed E-state index contributed by atoms with van der Waals surface area (Å²) in [6.07, 6.45) is 1.19. The minimum absolute atomic E-state index is 0.00127. The van der Waals surface area contributed by atoms with E-state index >= 15 is 0 Å². The lowest BCUT2D eigenvalue weighted by Crippen LogP contribution is -2.31. The summed E-state index contributed by atoms with van der Waals surface area (Å²) in [4.78, 5) is 14.8. The van der Waals surface area contributed by atoms with Gasteiger partial charge in [0.2, 0.25) is 0 Å². The Bertz CT molecular complexity index is 791. The maximum Gasteiger partial charge on any atom is 0.335 e. The third kappa shape index (κ3) is 3.94. The van der Waals surface area contributed by atoms with Crippen molar-refractivity contribution in [1.29, 1.82) is 0 Å². The van der Waals surface area contributed by atoms with E-state index in [2.05, 4.69) is 4.98 Å². The summed E-state index contributed by atoms with van der Waals surface area (Å²) in [6, 6.07) is 11.9. The number of rotatable bonds is 6. The molecule has 0 fully saturated rings. The Morgan fingerprint density at radius 1 is 1.26 bits per heavy atom. The van der Waals surface area contributed by atoms with Gasteiger partial charge in [-0.25, -0.2) is 18.2 Å². The van der Waals surface area contributed by atoms with E-state index in [-0.39, 0.29) is 23.1 Å². The lowest BCUT2D eigenvalue weighted by Gasteiger charge is -2.21. The van der Waals surface area contributed by atoms with E-state index in [0.717, 1.165) is 11.6 Å². The maximum atomic E-state index is 12.5. The number of hydrogen-bond donors (Lipinski definition) is 1. The number of pyridine rings is 1. The zero-order valence-electron chi connectivity index (χ0n) is 12.9. The largest absolute Gasteiger partial charge is 0.478 e. The Hall–Kier alpha value is -2.25. The molecule has 2 rings (SSSR count). The molecule has 1 atom stereocenters. The molecule has 23 heavy (non-hydrogen) atoms. The Labute approximate surface area is 135 Å². The van der Waals surface area contributed by atoms with Gasteiger partial charge in [0.15, 0.2) is 5.03 Å². The first-order valence-corrected chi connectivity index (χ1v) is 8.47. The van der Waals surface area contributed by atoms with E-state index in [9.17, 15) is 13.2 Å². The number of nitrogens with zero attached hydrogens (tertiary/aromatic N) is 2. The fraction of sp³-hybridized carbons (Fsp3) is 0.250. The van der Waals surface area contributed by atoms with Crippen molar-refractivity contribution < 1.29 is 18.3 Å². The van der Waals surface area contributed by atoms with Gasteiger partial charge in [-0.3, -0.25) is 0 Å². The quantitative estimate of drug-likeness (QED) is 0.875. The Morgan fingerprint density at radius 2 is 1.91 bits per heavy atom. The number of aromatic nitrogens is 1. The molecule has 1 N–H and O–H groups in total. The average Bonchev–Trinajstić information content (AvgIpc) is 2.55. The third-order valence-electron chi connectivity index (χ3n) is 3.56. The number of aromatic carboxylic acids is 1. The lowest BCUT2D eigenvalue weighted by atomic mass is 10.0. The summed E-state index contributed by atoms with van der Waals surface area (Å²) in [5.41, 5.74) is 0.921. The molecule has 2 aromatic rings. The summed E-state index contributed by atoms with van der Waals surface area (Å²) < 4.78 is 26.3. The van der Waals surface area contributed by atoms with Crippen LogP contribution in [0.2, 0.25) is 0 Å². The van der Waals surface area contributed by atoms with Gasteiger partial charge in [-0.1, -0.05) is 37.3 Å². The summed E-state index contributed by atoms with van der Waals surface area (Å²) in [6.45, 7) is 2.20. The van der Waals surface area contributed by atoms with Gasteiger partial charge in [0.05, 0.1) is 5.56 Å². The molecule has 0 spiro atoms. The Morgan fingerprint density at radius 3 is 2.52 bits per heavy atom. The fourth-order valence-electron chi connectivity index (χ4n) is 2.21. The van der Waals surface area contributed by atoms with E-state index in [1.807, 2.05) is 37.3 Å². The van der Waals surface area contributed by atoms with Crippen LogP contribution in [0.3, 0.4) is 0 Å². The number of likely N-dealkylation sites (N-methyl/N-ethyl adjacent to an activating group) is 1. The van der Waals surface area contributed by atoms with Crippen molar-refractivity contribution in [2.45, 2.75) is 17.9 Å². The van der Waals surface area contributed by atoms with Crippen molar-refractivity contribution in [1.82, 2.24) is 9.29 Å². The van der Waals surface area contributed by atoms with E-state index in [0.29, 0.717) is 0 Å². The molecule has 0 radical (unpaired) electrons. The smallest absolute Gasteiger partial charge is 0.335 e. The monoisotopic (exact) mass is 334 g/mol. The van der Waals surface area contributed by atoms with E-state index < -0.39 is 16.0 Å². The third-order valence-corrected chi connectivity index (χ3v) is 5.28. The van der Waals surface area contributed by atoms with E-state index in [1.54, 1.807) is 0 Å². The molecule has 1 aromatic heterocycles. The maximum absolute atomic E-state index is 12.5. The normalized spacial score (nSPS) is 13.0. The van der Waals surface area contributed by atoms with Crippen LogP contribution in [-0.2, 0) is 10.0 Å². The van der Waals surface area contributed by atoms with E-state index in [1.165, 1.54) is 23.6 Å². The van der Waals surface area contributed by atoms with Gasteiger partial charge in [-0.05, 0) is 23.6 Å². The second-order valence-electron chi connectivity index (χ2n) is 5.29. The molecule has 0 bridgehead atoms. The number of sulfonamides is 1. The molecule has 1 unspecified atom stereocenters. The van der Waals surface area contributed by atoms with Crippen LogP contribution in [0.4, 0.5) is 0 Å². The molecule has 1 heterocycles. The number of carboxylic acid groups (broad SMARTS) is 1. The first kappa shape index (κ1) is 17.1. The molecule has 0 saturated heterocycles. The van der Waals surface area contributed by atoms with Gasteiger partial charge < -0.3 is 5.11 Å². The molecular formula is C16H18N2O4S. The van der Waals surface area contributed by atoms with Crippen LogP contribution in [0.5, 0.6) is 0 Å². The summed E-state index contributed by atoms with van der Waals surface area (Å²) in [5, 5.41) is 8.71. The highest BCUT2D eigenvalue weighted by molar-refractivity contribution is 7.89. The standard InChI is InChI=1S/C16H18N2O4S/c1-12(13-6-4-3-5-7-13)11-18(2)23(21,22)15-10-14(16(19)20)8-9-17-15/h3-10,12H,11H2,1-2H3,(H,19,20). The molecule has 122 valence electrons. The van der Waals surface area contributed by atoms with Crippen LogP contribution in [0, 0.1) is 0 Å². The lowest BCUT2D eigenvalue weighted by molar-refractivity contribution is 0.0696. The first-order valence-electron chi connectivity index (χ1n) is 7.03. The van der Waals surface area contributed by atoms with Gasteiger partial charge in [0.25, 0.3) is 10.0 Å². The van der Waals surface area contributed by atoms with Crippen molar-refractivity contribution >= 4 is 16.0 Å². The molecule has 7 heteroatoms. The van der Waals surface area contributed by atoms with Crippen molar-refractivity contribution in [3.63, 3.8) is 0 Å². The zero-order valence-corrected chi connectivity index (χ0v) is 13.7. The minimum Gasteiger partial charge on any atom is -0.478 e. The van der Waals surface area contributed by atoms with Crippen LogP contribution in [0.15, 0.2) is 53.7 Å². The van der Waals surface area contributed by atoms with Gasteiger partial charge in [-0.2, -0.15) is 4.31 Å². The summed E-state index contributed by atoms with van der Waals surface area (Å²) in [5.74, 6) is -1.19. The molecule has 0 amide bonds. The predicted molar refractivity (Wildman–Crippen MR) is 85.9 cm³/mol. The van der Waals surface area contributed by atoms with Crippen molar-refractivity contribution in [2.75, 3.05) is 13.6 Å². The highest BCUT2D eigenvalue weighted by Crippen LogP contribution is 2.20. The number of benzene rings is 1. The highest BCUT2D eigenvalue weighted by Gasteiger charge is 2.25. The number of carbonyl (C=O) groups is 1. The SMILES string of the molecule is CC(CN(C)S(=O)(=O)c1cc(C(=O)O)ccn1)c1ccccc1. The summed E-state index contributed by atoms with van der Waals surface area (Å²) >= 11 is 0. The van der Waals surface area contributed by atoms with Gasteiger partial charge >= 0.3 is 5.97 Å². The number of hydrogen-bond acceptors (Lipinski definition) is 4. The van der Waals surface area contributed by atoms with Crippen molar-refractivity contribution in [2.24, 2.45) is 0 Å². The second-order valence-corrected chi connectivity index (χ2v) is 7.28. The van der Waals surface area contributed by atoms with Gasteiger partial charge in [-0.15, -0.1) is 0 Å². The second kappa shape index (κ2) is 6.89. The Kier molecular flexibility index (Phi) is 5.12. The van der Waals surface area contributed by atoms with Gasteiger partial charge in [0, 0.05) is 19.8 Å². The minimum atomic E-state index is -3.84. The average molecular weight is 334 g/mol. The van der Waals surface area contributed by atoms with Gasteiger partial charge in [0.1, 0.15) is 0 Å². The van der Waals surface area contributed by atoms with Crippen LogP contribution in [-0.4, -0.2) is 42.4 Å². The molecule has 1 aromatic carbocycles. The predicted octanol–water partition coefficient (Wildman–Crippen LogP) is 2.20. The fourth-order valence-corrected chi connectivity index (χ4v) is 3.42. The highest BCUT2D eigenvalue weighted by atomic mass is 32.2. The van der Waals surface area contributed by atoms with E-state index in [4.69, 9.17) is 5.11 Å². The van der Waals surface area contributed by atoms with Crippen LogP contribution >= 0.6 is 0 Å². The molecule has 0 aliphatic rings. The molecule has 6 nitrogen and oxygen atoms in total. The topological polar surface area (TPSA) is 87.6 Å². The van der Waals surface area contributed by atoms with Crippen LogP contribution < -0.4 is 0 Å². The zero-order chi connectivity index (χ0) is 17.0. The molecular weight excluding hydrogens is 316 g/mol. The van der Waals surface area contributed by atoms with Crippen molar-refractivity contribution in [3.05, 3.63) is 59.8 Å². The molecule has 0 aliphatic carbocycles. The number of carboxylic acids is 1. The summed E-state index contributed by atoms with van der Waals surface area (Å²) in [7, 11) is -2.38. The molecule has 0 saturated carbocycles. The first-order chi connectivity index (χ1) is 10.8. The molecule has 0 aliphatic heterocycles. The Balaban J connectivity index is 2.22.